The maximum atomic E-state index is 8.58. The van der Waals surface area contributed by atoms with E-state index >= 15 is 0 Å². The molecule has 0 aliphatic carbocycles. The van der Waals surface area contributed by atoms with Gasteiger partial charge in [0, 0.05) is 0 Å². The van der Waals surface area contributed by atoms with E-state index < -0.39 is 0 Å². The third-order valence-corrected chi connectivity index (χ3v) is 1.12. The van der Waals surface area contributed by atoms with Crippen molar-refractivity contribution in [2.24, 2.45) is 0 Å². The average Bonchev–Trinajstić information content (AvgIpc) is 1.69. The van der Waals surface area contributed by atoms with Crippen LogP contribution in [0, 0.1) is 0 Å². The topological polar surface area (TPSA) is 23.5 Å². The molecule has 0 saturated carbocycles. The van der Waals surface area contributed by atoms with Crippen molar-refractivity contribution in [3.63, 3.8) is 0 Å². The third kappa shape index (κ3) is 2.09. The predicted molar refractivity (Wildman–Crippen MR) is 34.8 cm³/mol. The molecule has 0 heterocycles. The summed E-state index contributed by atoms with van der Waals surface area (Å²) in [5.41, 5.74) is 0. The van der Waals surface area contributed by atoms with Crippen molar-refractivity contribution in [2.45, 2.75) is 6.04 Å². The molecule has 0 aromatic heterocycles. The van der Waals surface area contributed by atoms with Gasteiger partial charge in [-0.05, 0) is 14.1 Å². The van der Waals surface area contributed by atoms with Gasteiger partial charge in [0.1, 0.15) is 0 Å². The summed E-state index contributed by atoms with van der Waals surface area (Å²) in [7, 11) is 3.81. The van der Waals surface area contributed by atoms with E-state index in [9.17, 15) is 0 Å². The fourth-order valence-corrected chi connectivity index (χ4v) is 0.449. The van der Waals surface area contributed by atoms with Crippen LogP contribution in [-0.2, 0) is 0 Å². The smallest absolute Gasteiger partial charge is 0.0622 e. The van der Waals surface area contributed by atoms with Gasteiger partial charge in [-0.25, -0.2) is 0 Å². The van der Waals surface area contributed by atoms with Gasteiger partial charge in [-0.15, -0.1) is 6.58 Å². The van der Waals surface area contributed by atoms with Crippen molar-refractivity contribution in [3.05, 3.63) is 12.7 Å². The van der Waals surface area contributed by atoms with Crippen LogP contribution >= 0.6 is 0 Å². The summed E-state index contributed by atoms with van der Waals surface area (Å²) in [4.78, 5) is 1.91. The van der Waals surface area contributed by atoms with Crippen molar-refractivity contribution >= 4 is 0 Å². The van der Waals surface area contributed by atoms with Crippen molar-refractivity contribution in [3.8, 4) is 0 Å². The summed E-state index contributed by atoms with van der Waals surface area (Å²) < 4.78 is 0. The Kier molecular flexibility index (Phi) is 3.48. The summed E-state index contributed by atoms with van der Waals surface area (Å²) >= 11 is 0. The number of aliphatic hydroxyl groups is 1. The molecule has 0 amide bonds. The normalized spacial score (nSPS) is 14.0. The van der Waals surface area contributed by atoms with Gasteiger partial charge in [0.2, 0.25) is 0 Å². The zero-order valence-corrected chi connectivity index (χ0v) is 5.46. The molecule has 1 N–H and O–H groups in total. The van der Waals surface area contributed by atoms with E-state index in [-0.39, 0.29) is 12.6 Å². The molecule has 0 aromatic rings. The summed E-state index contributed by atoms with van der Waals surface area (Å²) in [6, 6.07) is 0.106. The lowest BCUT2D eigenvalue weighted by atomic mass is 10.3. The molecule has 2 heteroatoms. The summed E-state index contributed by atoms with van der Waals surface area (Å²) in [6.07, 6.45) is 1.72. The van der Waals surface area contributed by atoms with Gasteiger partial charge >= 0.3 is 0 Å². The molecule has 1 atom stereocenters. The molecule has 0 rings (SSSR count). The first-order chi connectivity index (χ1) is 3.72. The zero-order chi connectivity index (χ0) is 6.57. The van der Waals surface area contributed by atoms with Gasteiger partial charge < -0.3 is 10.0 Å². The Bertz CT molecular complexity index is 70.9. The third-order valence-electron chi connectivity index (χ3n) is 1.12. The molecule has 0 spiro atoms. The highest BCUT2D eigenvalue weighted by atomic mass is 16.3. The van der Waals surface area contributed by atoms with Crippen molar-refractivity contribution in [1.29, 1.82) is 0 Å². The lowest BCUT2D eigenvalue weighted by molar-refractivity contribution is 0.200. The Balaban J connectivity index is 3.51. The number of aliphatic hydroxyl groups excluding tert-OH is 1. The Hall–Kier alpha value is -0.340. The van der Waals surface area contributed by atoms with Crippen LogP contribution in [-0.4, -0.2) is 36.8 Å². The van der Waals surface area contributed by atoms with E-state index in [2.05, 4.69) is 6.58 Å². The van der Waals surface area contributed by atoms with Crippen LogP contribution in [0.2, 0.25) is 0 Å². The summed E-state index contributed by atoms with van der Waals surface area (Å²) in [5.74, 6) is 0. The molecule has 0 aliphatic rings. The highest BCUT2D eigenvalue weighted by molar-refractivity contribution is 4.84. The molecule has 0 fully saturated rings. The molecule has 0 aromatic carbocycles. The van der Waals surface area contributed by atoms with Crippen LogP contribution in [0.1, 0.15) is 0 Å². The van der Waals surface area contributed by atoms with Crippen LogP contribution in [0.5, 0.6) is 0 Å². The molecular weight excluding hydrogens is 102 g/mol. The first-order valence-electron chi connectivity index (χ1n) is 2.62. The highest BCUT2D eigenvalue weighted by Gasteiger charge is 2.01. The molecule has 0 radical (unpaired) electrons. The van der Waals surface area contributed by atoms with Crippen LogP contribution < -0.4 is 0 Å². The van der Waals surface area contributed by atoms with Gasteiger partial charge in [-0.1, -0.05) is 6.08 Å². The highest BCUT2D eigenvalue weighted by Crippen LogP contribution is 1.90. The number of rotatable bonds is 3. The van der Waals surface area contributed by atoms with Crippen molar-refractivity contribution in [2.75, 3.05) is 20.7 Å². The average molecular weight is 115 g/mol. The van der Waals surface area contributed by atoms with Gasteiger partial charge in [0.05, 0.1) is 12.6 Å². The van der Waals surface area contributed by atoms with Crippen LogP contribution in [0.25, 0.3) is 0 Å². The van der Waals surface area contributed by atoms with Crippen LogP contribution in [0.15, 0.2) is 12.7 Å². The van der Waals surface area contributed by atoms with E-state index in [0.717, 1.165) is 0 Å². The van der Waals surface area contributed by atoms with Gasteiger partial charge in [0.25, 0.3) is 0 Å². The minimum absolute atomic E-state index is 0.106. The summed E-state index contributed by atoms with van der Waals surface area (Å²) in [5, 5.41) is 8.58. The first kappa shape index (κ1) is 7.66. The fourth-order valence-electron chi connectivity index (χ4n) is 0.449. The van der Waals surface area contributed by atoms with Gasteiger partial charge in [0.15, 0.2) is 0 Å². The molecule has 8 heavy (non-hydrogen) atoms. The van der Waals surface area contributed by atoms with Gasteiger partial charge in [-0.2, -0.15) is 0 Å². The zero-order valence-electron chi connectivity index (χ0n) is 5.46. The molecule has 0 unspecified atom stereocenters. The van der Waals surface area contributed by atoms with Gasteiger partial charge in [-0.3, -0.25) is 0 Å². The van der Waals surface area contributed by atoms with Crippen molar-refractivity contribution < 1.29 is 5.11 Å². The Morgan fingerprint density at radius 2 is 2.25 bits per heavy atom. The lowest BCUT2D eigenvalue weighted by Gasteiger charge is -2.16. The van der Waals surface area contributed by atoms with Crippen LogP contribution in [0.3, 0.4) is 0 Å². The molecule has 0 saturated heterocycles. The predicted octanol–water partition coefficient (Wildman–Crippen LogP) is 0.0949. The molecule has 0 bridgehead atoms. The lowest BCUT2D eigenvalue weighted by Crippen LogP contribution is -2.28. The maximum absolute atomic E-state index is 8.58. The Morgan fingerprint density at radius 1 is 1.75 bits per heavy atom. The second kappa shape index (κ2) is 3.64. The van der Waals surface area contributed by atoms with E-state index in [0.29, 0.717) is 0 Å². The van der Waals surface area contributed by atoms with E-state index in [1.54, 1.807) is 6.08 Å². The number of hydrogen-bond donors (Lipinski definition) is 1. The monoisotopic (exact) mass is 115 g/mol. The van der Waals surface area contributed by atoms with E-state index in [1.165, 1.54) is 0 Å². The number of nitrogens with zero attached hydrogens (tertiary/aromatic N) is 1. The molecule has 0 aliphatic heterocycles. The minimum Gasteiger partial charge on any atom is -0.394 e. The quantitative estimate of drug-likeness (QED) is 0.527. The SMILES string of the molecule is C=C[C@H](CO)N(C)C. The minimum atomic E-state index is 0.106. The first-order valence-corrected chi connectivity index (χ1v) is 2.62. The molecule has 2 nitrogen and oxygen atoms in total. The molecular formula is C6H13NO. The maximum Gasteiger partial charge on any atom is 0.0622 e. The standard InChI is InChI=1S/C6H13NO/c1-4-6(5-8)7(2)3/h4,6,8H,1,5H2,2-3H3/t6-/m1/s1. The van der Waals surface area contributed by atoms with E-state index in [4.69, 9.17) is 5.11 Å². The van der Waals surface area contributed by atoms with E-state index in [1.807, 2.05) is 19.0 Å². The number of hydrogen-bond acceptors (Lipinski definition) is 2. The van der Waals surface area contributed by atoms with Crippen LogP contribution in [0.4, 0.5) is 0 Å². The Labute approximate surface area is 50.4 Å². The second-order valence-electron chi connectivity index (χ2n) is 1.95. The second-order valence-corrected chi connectivity index (χ2v) is 1.95. The Morgan fingerprint density at radius 3 is 2.25 bits per heavy atom. The largest absolute Gasteiger partial charge is 0.394 e. The van der Waals surface area contributed by atoms with Crippen molar-refractivity contribution in [1.82, 2.24) is 4.90 Å². The number of likely N-dealkylation sites (N-methyl/N-ethyl adjacent to an activating group) is 1. The summed E-state index contributed by atoms with van der Waals surface area (Å²) in [6.45, 7) is 3.70. The fraction of sp³-hybridized carbons (Fsp3) is 0.667. The molecule has 48 valence electrons.